The number of nitrogens with two attached hydrogens (primary N) is 4. The lowest BCUT2D eigenvalue weighted by atomic mass is 9.81. The van der Waals surface area contributed by atoms with E-state index < -0.39 is 116 Å². The lowest BCUT2D eigenvalue weighted by Crippen LogP contribution is -2.66. The first-order valence-electron chi connectivity index (χ1n) is 15.1. The number of aliphatic imine (C=N–C) groups is 2. The number of hydrazone groups is 1. The van der Waals surface area contributed by atoms with Crippen LogP contribution in [0.1, 0.15) is 17.3 Å². The molecule has 22 nitrogen and oxygen atoms in total. The van der Waals surface area contributed by atoms with Gasteiger partial charge in [0.15, 0.2) is 30.1 Å². The van der Waals surface area contributed by atoms with E-state index in [4.69, 9.17) is 41.9 Å². The maximum Gasteiger partial charge on any atom is 0.271 e. The number of pyridine rings is 1. The molecule has 3 heterocycles. The van der Waals surface area contributed by atoms with Crippen molar-refractivity contribution in [1.29, 1.82) is 0 Å². The highest BCUT2D eigenvalue weighted by molar-refractivity contribution is 5.94. The van der Waals surface area contributed by atoms with Gasteiger partial charge in [0.25, 0.3) is 5.91 Å². The molecule has 2 aliphatic heterocycles. The summed E-state index contributed by atoms with van der Waals surface area (Å²) in [5.74, 6) is -1.71. The average molecular weight is 701 g/mol. The van der Waals surface area contributed by atoms with Gasteiger partial charge in [0, 0.05) is 18.0 Å². The van der Waals surface area contributed by atoms with Crippen LogP contribution >= 0.6 is 0 Å². The van der Waals surface area contributed by atoms with E-state index in [0.717, 1.165) is 6.21 Å². The van der Waals surface area contributed by atoms with E-state index in [9.17, 15) is 40.5 Å². The Morgan fingerprint density at radius 1 is 0.939 bits per heavy atom. The molecule has 0 aromatic carbocycles. The summed E-state index contributed by atoms with van der Waals surface area (Å²) in [6.45, 7) is 0.673. The number of guanidine groups is 2. The Morgan fingerprint density at radius 2 is 1.57 bits per heavy atom. The van der Waals surface area contributed by atoms with Gasteiger partial charge in [-0.3, -0.25) is 9.78 Å². The molecular formula is C27H44N10O12. The van der Waals surface area contributed by atoms with Crippen LogP contribution in [0.4, 0.5) is 0 Å². The predicted molar refractivity (Wildman–Crippen MR) is 167 cm³/mol. The van der Waals surface area contributed by atoms with Crippen molar-refractivity contribution in [3.8, 4) is 0 Å². The van der Waals surface area contributed by atoms with Crippen LogP contribution in [-0.4, -0.2) is 170 Å². The molecule has 274 valence electrons. The minimum atomic E-state index is -2.28. The van der Waals surface area contributed by atoms with Crippen molar-refractivity contribution in [3.05, 3.63) is 30.1 Å². The molecule has 1 aromatic rings. The Morgan fingerprint density at radius 3 is 2.16 bits per heavy atom. The van der Waals surface area contributed by atoms with Crippen molar-refractivity contribution >= 4 is 24.0 Å². The molecule has 17 N–H and O–H groups in total. The normalized spacial score (nSPS) is 40.9. The van der Waals surface area contributed by atoms with Crippen molar-refractivity contribution in [3.63, 3.8) is 0 Å². The van der Waals surface area contributed by atoms with Gasteiger partial charge >= 0.3 is 0 Å². The fourth-order valence-corrected chi connectivity index (χ4v) is 5.86. The first-order valence-corrected chi connectivity index (χ1v) is 15.1. The summed E-state index contributed by atoms with van der Waals surface area (Å²) in [6.07, 6.45) is -14.0. The summed E-state index contributed by atoms with van der Waals surface area (Å²) >= 11 is 0. The lowest BCUT2D eigenvalue weighted by molar-refractivity contribution is -0.313. The van der Waals surface area contributed by atoms with Gasteiger partial charge in [-0.2, -0.15) is 5.10 Å². The topological polar surface area (TPSA) is 374 Å². The molecule has 0 bridgehead atoms. The third-order valence-electron chi connectivity index (χ3n) is 8.53. The number of nitrogens with zero attached hydrogens (tertiary/aromatic N) is 4. The first kappa shape index (κ1) is 38.2. The molecule has 1 aliphatic carbocycles. The van der Waals surface area contributed by atoms with E-state index in [0.29, 0.717) is 0 Å². The number of carbonyl (C=O) groups is 1. The zero-order valence-corrected chi connectivity index (χ0v) is 26.4. The zero-order valence-electron chi connectivity index (χ0n) is 26.4. The Labute approximate surface area is 279 Å². The largest absolute Gasteiger partial charge is 0.394 e. The van der Waals surface area contributed by atoms with Crippen LogP contribution in [0.5, 0.6) is 0 Å². The molecular weight excluding hydrogens is 656 g/mol. The zero-order chi connectivity index (χ0) is 36.2. The Kier molecular flexibility index (Phi) is 12.4. The highest BCUT2D eigenvalue weighted by Crippen LogP contribution is 2.38. The van der Waals surface area contributed by atoms with Gasteiger partial charge in [0.2, 0.25) is 0 Å². The van der Waals surface area contributed by atoms with Crippen molar-refractivity contribution in [2.45, 2.75) is 98.2 Å². The summed E-state index contributed by atoms with van der Waals surface area (Å²) in [4.78, 5) is 24.2. The van der Waals surface area contributed by atoms with Crippen molar-refractivity contribution in [2.75, 3.05) is 13.7 Å². The highest BCUT2D eigenvalue weighted by atomic mass is 16.8. The molecule has 1 saturated carbocycles. The van der Waals surface area contributed by atoms with Crippen molar-refractivity contribution in [2.24, 2.45) is 38.0 Å². The van der Waals surface area contributed by atoms with Gasteiger partial charge in [-0.1, -0.05) is 0 Å². The molecule has 1 amide bonds. The number of rotatable bonds is 11. The number of amides is 1. The Hall–Kier alpha value is -3.65. The molecule has 22 heteroatoms. The van der Waals surface area contributed by atoms with Gasteiger partial charge in [-0.05, 0) is 26.1 Å². The third kappa shape index (κ3) is 8.06. The van der Waals surface area contributed by atoms with Crippen molar-refractivity contribution in [1.82, 2.24) is 15.7 Å². The maximum absolute atomic E-state index is 12.6. The Balaban J connectivity index is 1.71. The summed E-state index contributed by atoms with van der Waals surface area (Å²) in [7, 11) is 1.43. The summed E-state index contributed by atoms with van der Waals surface area (Å²) in [5, 5.41) is 82.7. The van der Waals surface area contributed by atoms with E-state index >= 15 is 0 Å². The quantitative estimate of drug-likeness (QED) is 0.0579. The van der Waals surface area contributed by atoms with Gasteiger partial charge in [0.05, 0.1) is 25.0 Å². The minimum Gasteiger partial charge on any atom is -0.394 e. The lowest BCUT2D eigenvalue weighted by Gasteiger charge is -2.45. The van der Waals surface area contributed by atoms with E-state index in [1.165, 1.54) is 38.5 Å². The molecule has 1 aromatic heterocycles. The van der Waals surface area contributed by atoms with Gasteiger partial charge in [-0.15, -0.1) is 0 Å². The second-order valence-corrected chi connectivity index (χ2v) is 11.7. The van der Waals surface area contributed by atoms with Gasteiger partial charge in [-0.25, -0.2) is 15.4 Å². The number of hydrogen-bond donors (Lipinski definition) is 13. The molecule has 4 rings (SSSR count). The molecule has 3 fully saturated rings. The number of ether oxygens (including phenoxy) is 4. The van der Waals surface area contributed by atoms with Gasteiger partial charge < -0.3 is 82.9 Å². The first-order chi connectivity index (χ1) is 23.1. The van der Waals surface area contributed by atoms with E-state index in [1.54, 1.807) is 0 Å². The van der Waals surface area contributed by atoms with Crippen LogP contribution in [0.15, 0.2) is 39.6 Å². The van der Waals surface area contributed by atoms with Crippen LogP contribution in [0.25, 0.3) is 0 Å². The number of nitrogens with one attached hydrogen (secondary N) is 2. The standard InChI is InChI=1S/C27H44N10O12/c1-9-27(45,8-34-37-22(44)10-3-5-33-6-4-10)21(49-23-14(32-2)18(42)15(39)11(7-38)47-23)24(46-9)48-20-13(36-26(30)31)16(40)12(35-25(28)29)17(41)19(20)43/h3-6,8-9,11-21,23-24,32,38-43,45H,7H2,1-2H3,(H,37,44)(H4,28,29,35)(H4,30,31,36)/t9-,11-,12+,13-,14-,15-,16+,17-,18-,19+,20+,21-,23-,24-,27+/m0/s1. The van der Waals surface area contributed by atoms with E-state index in [-0.39, 0.29) is 5.56 Å². The summed E-state index contributed by atoms with van der Waals surface area (Å²) in [5.41, 5.74) is 22.3. The molecule has 15 atom stereocenters. The number of aliphatic hydroxyl groups excluding tert-OH is 6. The third-order valence-corrected chi connectivity index (χ3v) is 8.53. The van der Waals surface area contributed by atoms with Crippen LogP contribution in [0.3, 0.4) is 0 Å². The monoisotopic (exact) mass is 700 g/mol. The number of hydrogen-bond acceptors (Lipinski definition) is 17. The molecule has 0 unspecified atom stereocenters. The fraction of sp³-hybridized carbons (Fsp3) is 0.667. The van der Waals surface area contributed by atoms with Crippen LogP contribution in [0.2, 0.25) is 0 Å². The van der Waals surface area contributed by atoms with Crippen molar-refractivity contribution < 1.29 is 59.5 Å². The summed E-state index contributed by atoms with van der Waals surface area (Å²) < 4.78 is 23.8. The predicted octanol–water partition coefficient (Wildman–Crippen LogP) is -7.55. The minimum absolute atomic E-state index is 0.201. The number of likely N-dealkylation sites (N-methyl/N-ethyl adjacent to an activating group) is 1. The SMILES string of the molecule is CN[C@@H]1[C@H](O[C@H]2[C@H](O[C@H]3[C@H](O)[C@@H](O)[C@H](N=C(N)N)[C@@H](O)[C@@H]3N=C(N)N)O[C@@H](C)[C@]2(O)C=NNC(=O)c2ccncc2)O[C@@H](CO)[C@H](O)[C@H]1O. The average Bonchev–Trinajstić information content (AvgIpc) is 3.29. The summed E-state index contributed by atoms with van der Waals surface area (Å²) in [6, 6.07) is -1.32. The maximum atomic E-state index is 12.6. The van der Waals surface area contributed by atoms with Crippen LogP contribution in [0, 0.1) is 0 Å². The van der Waals surface area contributed by atoms with Crippen LogP contribution < -0.4 is 33.7 Å². The molecule has 2 saturated heterocycles. The fourth-order valence-electron chi connectivity index (χ4n) is 5.86. The van der Waals surface area contributed by atoms with E-state index in [1.807, 2.05) is 0 Å². The number of carbonyl (C=O) groups excluding carboxylic acids is 1. The second kappa shape index (κ2) is 15.9. The number of aliphatic hydroxyl groups is 7. The van der Waals surface area contributed by atoms with Crippen LogP contribution in [-0.2, 0) is 18.9 Å². The molecule has 3 aliphatic rings. The molecule has 49 heavy (non-hydrogen) atoms. The molecule has 0 radical (unpaired) electrons. The highest BCUT2D eigenvalue weighted by Gasteiger charge is 2.60. The smallest absolute Gasteiger partial charge is 0.271 e. The van der Waals surface area contributed by atoms with Gasteiger partial charge in [0.1, 0.15) is 60.9 Å². The Bertz CT molecular complexity index is 1350. The van der Waals surface area contributed by atoms with E-state index in [2.05, 4.69) is 30.8 Å². The second-order valence-electron chi connectivity index (χ2n) is 11.7. The molecule has 0 spiro atoms. The number of aromatic nitrogens is 1.